The molecule has 0 aliphatic carbocycles. The zero-order valence-corrected chi connectivity index (χ0v) is 9.98. The molecule has 0 spiro atoms. The average molecular weight is 305 g/mol. The molecule has 0 radical (unpaired) electrons. The SMILES string of the molecule is C[C@@](Cc1ccccc1)(NI)C(=O)O. The number of nitrogens with one attached hydrogen (secondary N) is 1. The van der Waals surface area contributed by atoms with Gasteiger partial charge in [-0.15, -0.1) is 0 Å². The molecule has 0 saturated carbocycles. The molecular weight excluding hydrogens is 293 g/mol. The molecule has 0 unspecified atom stereocenters. The van der Waals surface area contributed by atoms with Gasteiger partial charge < -0.3 is 5.11 Å². The standard InChI is InChI=1S/C10H12INO2/c1-10(12-11,9(13)14)7-8-5-3-2-4-6-8/h2-6,12H,7H2,1H3,(H,13,14)/t10-/m0/s1. The Balaban J connectivity index is 2.81. The molecular formula is C10H12INO2. The number of aliphatic carboxylic acids is 1. The van der Waals surface area contributed by atoms with E-state index in [2.05, 4.69) is 3.53 Å². The van der Waals surface area contributed by atoms with Gasteiger partial charge in [0.1, 0.15) is 5.54 Å². The highest BCUT2D eigenvalue weighted by atomic mass is 127. The average Bonchev–Trinajstić information content (AvgIpc) is 2.19. The normalized spacial score (nSPS) is 14.7. The molecule has 0 aliphatic heterocycles. The van der Waals surface area contributed by atoms with Gasteiger partial charge in [-0.05, 0) is 12.5 Å². The number of rotatable bonds is 4. The summed E-state index contributed by atoms with van der Waals surface area (Å²) < 4.78 is 2.80. The number of carboxylic acid groups (broad SMARTS) is 1. The van der Waals surface area contributed by atoms with Crippen LogP contribution in [0, 0.1) is 0 Å². The third-order valence-corrected chi connectivity index (χ3v) is 3.27. The molecule has 0 saturated heterocycles. The van der Waals surface area contributed by atoms with Crippen molar-refractivity contribution in [1.29, 1.82) is 0 Å². The van der Waals surface area contributed by atoms with E-state index >= 15 is 0 Å². The van der Waals surface area contributed by atoms with E-state index in [-0.39, 0.29) is 0 Å². The van der Waals surface area contributed by atoms with Gasteiger partial charge in [0.05, 0.1) is 0 Å². The van der Waals surface area contributed by atoms with Crippen LogP contribution in [0.5, 0.6) is 0 Å². The molecule has 1 rings (SSSR count). The molecule has 0 bridgehead atoms. The summed E-state index contributed by atoms with van der Waals surface area (Å²) in [5, 5.41) is 9.03. The molecule has 0 fully saturated rings. The lowest BCUT2D eigenvalue weighted by Crippen LogP contribution is -2.46. The van der Waals surface area contributed by atoms with Crippen LogP contribution < -0.4 is 3.53 Å². The maximum Gasteiger partial charge on any atom is 0.324 e. The highest BCUT2D eigenvalue weighted by Crippen LogP contribution is 2.14. The highest BCUT2D eigenvalue weighted by molar-refractivity contribution is 14.1. The summed E-state index contributed by atoms with van der Waals surface area (Å²) in [6.07, 6.45) is 0.478. The Morgan fingerprint density at radius 3 is 2.50 bits per heavy atom. The Kier molecular flexibility index (Phi) is 3.88. The van der Waals surface area contributed by atoms with E-state index in [1.54, 1.807) is 6.92 Å². The number of carboxylic acids is 1. The molecule has 0 aromatic heterocycles. The van der Waals surface area contributed by atoms with Crippen molar-refractivity contribution in [3.63, 3.8) is 0 Å². The van der Waals surface area contributed by atoms with Gasteiger partial charge in [-0.3, -0.25) is 4.79 Å². The Morgan fingerprint density at radius 1 is 1.50 bits per heavy atom. The van der Waals surface area contributed by atoms with E-state index in [1.807, 2.05) is 53.2 Å². The Labute approximate surface area is 97.0 Å². The van der Waals surface area contributed by atoms with Gasteiger partial charge in [0.25, 0.3) is 0 Å². The van der Waals surface area contributed by atoms with Crippen LogP contribution in [0.4, 0.5) is 0 Å². The molecule has 0 heterocycles. The van der Waals surface area contributed by atoms with E-state index in [9.17, 15) is 4.79 Å². The first-order valence-electron chi connectivity index (χ1n) is 4.23. The number of benzene rings is 1. The molecule has 14 heavy (non-hydrogen) atoms. The smallest absolute Gasteiger partial charge is 0.324 e. The second-order valence-corrected chi connectivity index (χ2v) is 3.93. The van der Waals surface area contributed by atoms with Crippen LogP contribution in [0.2, 0.25) is 0 Å². The first-order chi connectivity index (χ1) is 6.58. The fourth-order valence-corrected chi connectivity index (χ4v) is 1.57. The Morgan fingerprint density at radius 2 is 2.07 bits per heavy atom. The monoisotopic (exact) mass is 305 g/mol. The number of carbonyl (C=O) groups is 1. The second-order valence-electron chi connectivity index (χ2n) is 3.39. The maximum absolute atomic E-state index is 11.0. The van der Waals surface area contributed by atoms with Gasteiger partial charge in [0, 0.05) is 29.3 Å². The van der Waals surface area contributed by atoms with Crippen molar-refractivity contribution < 1.29 is 9.90 Å². The van der Waals surface area contributed by atoms with Crippen molar-refractivity contribution in [2.45, 2.75) is 18.9 Å². The van der Waals surface area contributed by atoms with Crippen molar-refractivity contribution in [3.8, 4) is 0 Å². The Hall–Kier alpha value is -0.620. The molecule has 2 N–H and O–H groups in total. The predicted octanol–water partition coefficient (Wildman–Crippen LogP) is 2.01. The summed E-state index contributed by atoms with van der Waals surface area (Å²) in [6, 6.07) is 9.58. The summed E-state index contributed by atoms with van der Waals surface area (Å²) in [5.74, 6) is -0.837. The topological polar surface area (TPSA) is 49.3 Å². The molecule has 76 valence electrons. The molecule has 4 heteroatoms. The lowest BCUT2D eigenvalue weighted by molar-refractivity contribution is -0.143. The lowest BCUT2D eigenvalue weighted by Gasteiger charge is -2.22. The number of hydrogen-bond acceptors (Lipinski definition) is 2. The fourth-order valence-electron chi connectivity index (χ4n) is 1.15. The van der Waals surface area contributed by atoms with Gasteiger partial charge in [0.2, 0.25) is 0 Å². The number of hydrogen-bond donors (Lipinski definition) is 2. The summed E-state index contributed by atoms with van der Waals surface area (Å²) >= 11 is 1.88. The van der Waals surface area contributed by atoms with Crippen LogP contribution >= 0.6 is 22.9 Å². The summed E-state index contributed by atoms with van der Waals surface area (Å²) in [5.41, 5.74) is 0.114. The minimum absolute atomic E-state index is 0.478. The van der Waals surface area contributed by atoms with Crippen LogP contribution in [0.1, 0.15) is 12.5 Å². The first-order valence-corrected chi connectivity index (χ1v) is 5.31. The van der Waals surface area contributed by atoms with Crippen LogP contribution in [0.15, 0.2) is 30.3 Å². The van der Waals surface area contributed by atoms with Crippen molar-refractivity contribution in [2.75, 3.05) is 0 Å². The van der Waals surface area contributed by atoms with Crippen molar-refractivity contribution >= 4 is 28.8 Å². The van der Waals surface area contributed by atoms with Gasteiger partial charge in [-0.1, -0.05) is 30.3 Å². The van der Waals surface area contributed by atoms with Crippen LogP contribution in [0.3, 0.4) is 0 Å². The van der Waals surface area contributed by atoms with Crippen molar-refractivity contribution in [2.24, 2.45) is 0 Å². The zero-order valence-electron chi connectivity index (χ0n) is 7.83. The quantitative estimate of drug-likeness (QED) is 0.661. The fraction of sp³-hybridized carbons (Fsp3) is 0.300. The van der Waals surface area contributed by atoms with Crippen molar-refractivity contribution in [1.82, 2.24) is 3.53 Å². The van der Waals surface area contributed by atoms with E-state index in [0.717, 1.165) is 5.56 Å². The number of halogens is 1. The molecule has 1 atom stereocenters. The first kappa shape index (κ1) is 11.5. The van der Waals surface area contributed by atoms with Crippen LogP contribution in [0.25, 0.3) is 0 Å². The molecule has 1 aromatic rings. The maximum atomic E-state index is 11.0. The molecule has 3 nitrogen and oxygen atoms in total. The minimum atomic E-state index is -0.901. The van der Waals surface area contributed by atoms with Gasteiger partial charge in [-0.25, -0.2) is 3.53 Å². The summed E-state index contributed by atoms with van der Waals surface area (Å²) in [7, 11) is 0. The third kappa shape index (κ3) is 2.68. The van der Waals surface area contributed by atoms with E-state index in [4.69, 9.17) is 5.11 Å². The molecule has 1 aromatic carbocycles. The predicted molar refractivity (Wildman–Crippen MR) is 63.3 cm³/mol. The zero-order chi connectivity index (χ0) is 10.6. The van der Waals surface area contributed by atoms with E-state index in [0.29, 0.717) is 6.42 Å². The van der Waals surface area contributed by atoms with Gasteiger partial charge in [-0.2, -0.15) is 0 Å². The van der Waals surface area contributed by atoms with Gasteiger partial charge >= 0.3 is 5.97 Å². The lowest BCUT2D eigenvalue weighted by atomic mass is 9.94. The van der Waals surface area contributed by atoms with Crippen LogP contribution in [-0.4, -0.2) is 16.6 Å². The summed E-state index contributed by atoms with van der Waals surface area (Å²) in [4.78, 5) is 11.0. The van der Waals surface area contributed by atoms with E-state index < -0.39 is 11.5 Å². The second kappa shape index (κ2) is 4.75. The minimum Gasteiger partial charge on any atom is -0.480 e. The highest BCUT2D eigenvalue weighted by Gasteiger charge is 2.31. The van der Waals surface area contributed by atoms with Crippen molar-refractivity contribution in [3.05, 3.63) is 35.9 Å². The Bertz CT molecular complexity index is 315. The largest absolute Gasteiger partial charge is 0.480 e. The van der Waals surface area contributed by atoms with Crippen LogP contribution in [-0.2, 0) is 11.2 Å². The van der Waals surface area contributed by atoms with E-state index in [1.165, 1.54) is 0 Å². The van der Waals surface area contributed by atoms with Gasteiger partial charge in [0.15, 0.2) is 0 Å². The summed E-state index contributed by atoms with van der Waals surface area (Å²) in [6.45, 7) is 1.68. The molecule has 0 aliphatic rings. The molecule has 0 amide bonds. The third-order valence-electron chi connectivity index (χ3n) is 2.08.